The molecule has 100 valence electrons. The summed E-state index contributed by atoms with van der Waals surface area (Å²) in [6.07, 6.45) is -0.0702. The topological polar surface area (TPSA) is 29.5 Å². The summed E-state index contributed by atoms with van der Waals surface area (Å²) in [4.78, 5) is 2.53. The van der Waals surface area contributed by atoms with Gasteiger partial charge in [-0.05, 0) is 18.7 Å². The lowest BCUT2D eigenvalue weighted by atomic mass is 10.3. The Morgan fingerprint density at radius 1 is 1.50 bits per heavy atom. The molecule has 1 fully saturated rings. The van der Waals surface area contributed by atoms with E-state index in [9.17, 15) is 8.60 Å². The summed E-state index contributed by atoms with van der Waals surface area (Å²) in [6.45, 7) is 5.41. The average molecular weight is 271 g/mol. The standard InChI is InChI=1S/C13H18FNO2S/c1-2-15-7-8-17-11(9-15)10-18(16)13-6-4-3-5-12(13)14/h3-6,11H,2,7-10H2,1H3. The van der Waals surface area contributed by atoms with Crippen LogP contribution in [-0.4, -0.2) is 47.2 Å². The number of rotatable bonds is 4. The van der Waals surface area contributed by atoms with E-state index in [4.69, 9.17) is 4.74 Å². The lowest BCUT2D eigenvalue weighted by molar-refractivity contribution is -0.0141. The van der Waals surface area contributed by atoms with Gasteiger partial charge in [-0.3, -0.25) is 9.11 Å². The normalized spacial score (nSPS) is 22.9. The van der Waals surface area contributed by atoms with Crippen LogP contribution in [0.5, 0.6) is 0 Å². The van der Waals surface area contributed by atoms with Crippen LogP contribution in [0.25, 0.3) is 0 Å². The fourth-order valence-corrected chi connectivity index (χ4v) is 3.29. The number of likely N-dealkylation sites (N-methyl/N-ethyl adjacent to an activating group) is 1. The van der Waals surface area contributed by atoms with Crippen LogP contribution in [0.1, 0.15) is 6.92 Å². The molecule has 3 nitrogen and oxygen atoms in total. The van der Waals surface area contributed by atoms with Gasteiger partial charge in [-0.1, -0.05) is 19.1 Å². The molecule has 1 aliphatic rings. The molecule has 0 aromatic heterocycles. The monoisotopic (exact) mass is 271 g/mol. The summed E-state index contributed by atoms with van der Waals surface area (Å²) >= 11 is 0. The zero-order chi connectivity index (χ0) is 13.0. The maximum atomic E-state index is 13.5. The van der Waals surface area contributed by atoms with Gasteiger partial charge in [-0.15, -0.1) is 0 Å². The van der Waals surface area contributed by atoms with E-state index >= 15 is 0 Å². The molecule has 18 heavy (non-hydrogen) atoms. The van der Waals surface area contributed by atoms with Crippen molar-refractivity contribution in [2.24, 2.45) is 0 Å². The number of hydrogen-bond donors (Lipinski definition) is 0. The summed E-state index contributed by atoms with van der Waals surface area (Å²) in [5.41, 5.74) is 0. The summed E-state index contributed by atoms with van der Waals surface area (Å²) in [5, 5.41) is 0. The minimum atomic E-state index is -1.34. The van der Waals surface area contributed by atoms with Crippen molar-refractivity contribution in [1.82, 2.24) is 4.90 Å². The molecule has 1 saturated heterocycles. The maximum Gasteiger partial charge on any atom is 0.139 e. The Morgan fingerprint density at radius 3 is 3.00 bits per heavy atom. The fraction of sp³-hybridized carbons (Fsp3) is 0.538. The second-order valence-corrected chi connectivity index (χ2v) is 5.79. The first-order valence-corrected chi connectivity index (χ1v) is 7.49. The van der Waals surface area contributed by atoms with Gasteiger partial charge in [0.15, 0.2) is 0 Å². The first kappa shape index (κ1) is 13.6. The Hall–Kier alpha value is -0.780. The first-order chi connectivity index (χ1) is 8.70. The lowest BCUT2D eigenvalue weighted by Crippen LogP contribution is -2.44. The van der Waals surface area contributed by atoms with Crippen LogP contribution < -0.4 is 0 Å². The molecule has 0 radical (unpaired) electrons. The number of halogens is 1. The van der Waals surface area contributed by atoms with Gasteiger partial charge in [0.1, 0.15) is 5.82 Å². The molecule has 1 aromatic rings. The predicted octanol–water partition coefficient (Wildman–Crippen LogP) is 1.65. The molecule has 0 amide bonds. The lowest BCUT2D eigenvalue weighted by Gasteiger charge is -2.31. The van der Waals surface area contributed by atoms with Crippen molar-refractivity contribution >= 4 is 10.8 Å². The highest BCUT2D eigenvalue weighted by molar-refractivity contribution is 7.85. The van der Waals surface area contributed by atoms with Gasteiger partial charge in [0.2, 0.25) is 0 Å². The molecule has 0 aliphatic carbocycles. The number of benzene rings is 1. The van der Waals surface area contributed by atoms with Crippen LogP contribution in [0.2, 0.25) is 0 Å². The minimum absolute atomic E-state index is 0.0702. The Bertz CT molecular complexity index is 427. The molecule has 0 bridgehead atoms. The Labute approximate surface area is 109 Å². The van der Waals surface area contributed by atoms with Gasteiger partial charge in [-0.25, -0.2) is 4.39 Å². The largest absolute Gasteiger partial charge is 0.375 e. The van der Waals surface area contributed by atoms with Crippen LogP contribution in [0.3, 0.4) is 0 Å². The van der Waals surface area contributed by atoms with E-state index in [0.29, 0.717) is 12.4 Å². The van der Waals surface area contributed by atoms with E-state index in [1.54, 1.807) is 18.2 Å². The van der Waals surface area contributed by atoms with Crippen molar-refractivity contribution in [1.29, 1.82) is 0 Å². The van der Waals surface area contributed by atoms with Crippen molar-refractivity contribution in [3.63, 3.8) is 0 Å². The SMILES string of the molecule is CCN1CCOC(CS(=O)c2ccccc2F)C1. The van der Waals surface area contributed by atoms with Crippen molar-refractivity contribution in [3.8, 4) is 0 Å². The van der Waals surface area contributed by atoms with Gasteiger partial charge in [0, 0.05) is 13.1 Å². The molecule has 2 rings (SSSR count). The summed E-state index contributed by atoms with van der Waals surface area (Å²) in [6, 6.07) is 6.22. The van der Waals surface area contributed by atoms with Crippen LogP contribution >= 0.6 is 0 Å². The molecular weight excluding hydrogens is 253 g/mol. The quantitative estimate of drug-likeness (QED) is 0.834. The smallest absolute Gasteiger partial charge is 0.139 e. The molecule has 0 saturated carbocycles. The van der Waals surface area contributed by atoms with Crippen molar-refractivity contribution in [3.05, 3.63) is 30.1 Å². The van der Waals surface area contributed by atoms with Crippen molar-refractivity contribution in [2.45, 2.75) is 17.9 Å². The minimum Gasteiger partial charge on any atom is -0.375 e. The highest BCUT2D eigenvalue weighted by Crippen LogP contribution is 2.15. The molecule has 0 N–H and O–H groups in total. The predicted molar refractivity (Wildman–Crippen MR) is 69.5 cm³/mol. The second-order valence-electron chi connectivity index (χ2n) is 4.33. The third kappa shape index (κ3) is 3.37. The molecular formula is C13H18FNO2S. The van der Waals surface area contributed by atoms with Crippen molar-refractivity contribution < 1.29 is 13.3 Å². The molecule has 1 aliphatic heterocycles. The summed E-state index contributed by atoms with van der Waals surface area (Å²) in [7, 11) is -1.34. The Morgan fingerprint density at radius 2 is 2.28 bits per heavy atom. The number of nitrogens with zero attached hydrogens (tertiary/aromatic N) is 1. The van der Waals surface area contributed by atoms with Crippen LogP contribution in [0.4, 0.5) is 4.39 Å². The summed E-state index contributed by atoms with van der Waals surface area (Å²) in [5.74, 6) is -0.0451. The highest BCUT2D eigenvalue weighted by atomic mass is 32.2. The molecule has 0 spiro atoms. The van der Waals surface area contributed by atoms with Crippen LogP contribution in [0, 0.1) is 5.82 Å². The molecule has 1 heterocycles. The van der Waals surface area contributed by atoms with Gasteiger partial charge < -0.3 is 4.74 Å². The van der Waals surface area contributed by atoms with E-state index in [1.165, 1.54) is 6.07 Å². The van der Waals surface area contributed by atoms with Crippen LogP contribution in [-0.2, 0) is 15.5 Å². The third-order valence-electron chi connectivity index (χ3n) is 3.09. The van der Waals surface area contributed by atoms with Gasteiger partial charge >= 0.3 is 0 Å². The Balaban J connectivity index is 1.97. The zero-order valence-corrected chi connectivity index (χ0v) is 11.3. The zero-order valence-electron chi connectivity index (χ0n) is 10.5. The van der Waals surface area contributed by atoms with Crippen LogP contribution in [0.15, 0.2) is 29.2 Å². The van der Waals surface area contributed by atoms with E-state index in [2.05, 4.69) is 11.8 Å². The average Bonchev–Trinajstić information content (AvgIpc) is 2.39. The van der Waals surface area contributed by atoms with E-state index in [1.807, 2.05) is 0 Å². The number of hydrogen-bond acceptors (Lipinski definition) is 3. The third-order valence-corrected chi connectivity index (χ3v) is 4.59. The molecule has 1 aromatic carbocycles. The van der Waals surface area contributed by atoms with Gasteiger partial charge in [0.25, 0.3) is 0 Å². The molecule has 2 unspecified atom stereocenters. The van der Waals surface area contributed by atoms with Gasteiger partial charge in [0.05, 0.1) is 34.2 Å². The van der Waals surface area contributed by atoms with Crippen molar-refractivity contribution in [2.75, 3.05) is 32.0 Å². The number of morpholine rings is 1. The maximum absolute atomic E-state index is 13.5. The number of ether oxygens (including phenoxy) is 1. The Kier molecular flexibility index (Phi) is 4.86. The highest BCUT2D eigenvalue weighted by Gasteiger charge is 2.22. The van der Waals surface area contributed by atoms with E-state index in [0.717, 1.165) is 19.6 Å². The molecule has 2 atom stereocenters. The molecule has 5 heteroatoms. The van der Waals surface area contributed by atoms with E-state index in [-0.39, 0.29) is 11.0 Å². The van der Waals surface area contributed by atoms with E-state index < -0.39 is 16.6 Å². The fourth-order valence-electron chi connectivity index (χ4n) is 2.06. The summed E-state index contributed by atoms with van der Waals surface area (Å²) < 4.78 is 31.2. The van der Waals surface area contributed by atoms with Gasteiger partial charge in [-0.2, -0.15) is 0 Å². The first-order valence-electron chi connectivity index (χ1n) is 6.17. The second kappa shape index (κ2) is 6.41.